The highest BCUT2D eigenvalue weighted by atomic mass is 32.2. The normalized spacial score (nSPS) is 13.5. The number of hydrogen-bond donors (Lipinski definition) is 2. The first-order valence-electron chi connectivity index (χ1n) is 7.14. The van der Waals surface area contributed by atoms with Gasteiger partial charge < -0.3 is 15.5 Å². The summed E-state index contributed by atoms with van der Waals surface area (Å²) in [5, 5.41) is 5.28. The van der Waals surface area contributed by atoms with Crippen molar-refractivity contribution in [1.29, 1.82) is 0 Å². The van der Waals surface area contributed by atoms with Gasteiger partial charge in [0.05, 0.1) is 17.8 Å². The van der Waals surface area contributed by atoms with E-state index in [1.165, 1.54) is 11.8 Å². The summed E-state index contributed by atoms with van der Waals surface area (Å²) < 4.78 is 0. The molecule has 0 bridgehead atoms. The molecule has 6 nitrogen and oxygen atoms in total. The summed E-state index contributed by atoms with van der Waals surface area (Å²) >= 11 is 1.26. The number of hydrogen-bond acceptors (Lipinski definition) is 4. The third-order valence-electron chi connectivity index (χ3n) is 3.25. The molecule has 2 rings (SSSR count). The molecule has 0 spiro atoms. The lowest BCUT2D eigenvalue weighted by Gasteiger charge is -2.15. The Labute approximate surface area is 139 Å². The maximum absolute atomic E-state index is 12.0. The summed E-state index contributed by atoms with van der Waals surface area (Å²) in [7, 11) is 0. The zero-order valence-corrected chi connectivity index (χ0v) is 13.3. The number of terminal acetylenes is 1. The minimum atomic E-state index is -0.343. The zero-order valence-electron chi connectivity index (χ0n) is 12.5. The molecule has 1 heterocycles. The standard InChI is InChI=1S/C16H17N3O3S/c1-2-8-17-15(21)12-5-3-4-6-13(12)18-14(20)7-9-19-10-11-23-16(19)22/h1,3-6H,7-11H2,(H,17,21)(H,18,20). The lowest BCUT2D eigenvalue weighted by Crippen LogP contribution is -2.29. The van der Waals surface area contributed by atoms with E-state index in [-0.39, 0.29) is 30.0 Å². The predicted octanol–water partition coefficient (Wildman–Crippen LogP) is 1.55. The molecule has 1 aliphatic rings. The summed E-state index contributed by atoms with van der Waals surface area (Å²) in [5.74, 6) is 2.50. The van der Waals surface area contributed by atoms with Crippen LogP contribution in [0.3, 0.4) is 0 Å². The van der Waals surface area contributed by atoms with E-state index in [0.717, 1.165) is 5.75 Å². The fraction of sp³-hybridized carbons (Fsp3) is 0.312. The van der Waals surface area contributed by atoms with E-state index < -0.39 is 0 Å². The van der Waals surface area contributed by atoms with Gasteiger partial charge in [-0.05, 0) is 12.1 Å². The molecule has 0 radical (unpaired) electrons. The first kappa shape index (κ1) is 16.9. The minimum absolute atomic E-state index is 0.00635. The van der Waals surface area contributed by atoms with Crippen LogP contribution < -0.4 is 10.6 Å². The Hall–Kier alpha value is -2.46. The average molecular weight is 331 g/mol. The number of benzene rings is 1. The Kier molecular flexibility index (Phi) is 6.06. The zero-order chi connectivity index (χ0) is 16.7. The Morgan fingerprint density at radius 1 is 1.35 bits per heavy atom. The Morgan fingerprint density at radius 2 is 2.13 bits per heavy atom. The van der Waals surface area contributed by atoms with Crippen molar-refractivity contribution in [2.24, 2.45) is 0 Å². The van der Waals surface area contributed by atoms with Gasteiger partial charge in [-0.2, -0.15) is 0 Å². The van der Waals surface area contributed by atoms with Gasteiger partial charge in [-0.15, -0.1) is 6.42 Å². The fourth-order valence-electron chi connectivity index (χ4n) is 2.09. The Balaban J connectivity index is 1.94. The summed E-state index contributed by atoms with van der Waals surface area (Å²) in [6.45, 7) is 1.17. The number of rotatable bonds is 6. The largest absolute Gasteiger partial charge is 0.341 e. The highest BCUT2D eigenvalue weighted by Gasteiger charge is 2.21. The van der Waals surface area contributed by atoms with Crippen LogP contribution in [0.25, 0.3) is 0 Å². The van der Waals surface area contributed by atoms with Gasteiger partial charge in [0, 0.05) is 25.3 Å². The highest BCUT2D eigenvalue weighted by molar-refractivity contribution is 8.13. The number of nitrogens with zero attached hydrogens (tertiary/aromatic N) is 1. The van der Waals surface area contributed by atoms with Gasteiger partial charge in [0.25, 0.3) is 11.1 Å². The molecule has 1 aliphatic heterocycles. The van der Waals surface area contributed by atoms with Crippen molar-refractivity contribution in [2.45, 2.75) is 6.42 Å². The van der Waals surface area contributed by atoms with E-state index in [9.17, 15) is 14.4 Å². The molecule has 120 valence electrons. The van der Waals surface area contributed by atoms with Gasteiger partial charge in [0.2, 0.25) is 5.91 Å². The number of anilines is 1. The molecular formula is C16H17N3O3S. The van der Waals surface area contributed by atoms with E-state index in [1.54, 1.807) is 29.2 Å². The van der Waals surface area contributed by atoms with Crippen molar-refractivity contribution in [3.05, 3.63) is 29.8 Å². The van der Waals surface area contributed by atoms with Gasteiger partial charge in [-0.1, -0.05) is 29.8 Å². The minimum Gasteiger partial charge on any atom is -0.341 e. The summed E-state index contributed by atoms with van der Waals surface area (Å²) in [5.41, 5.74) is 0.776. The SMILES string of the molecule is C#CCNC(=O)c1ccccc1NC(=O)CCN1CCSC1=O. The predicted molar refractivity (Wildman–Crippen MR) is 90.3 cm³/mol. The number of carbonyl (C=O) groups excluding carboxylic acids is 3. The first-order chi connectivity index (χ1) is 11.1. The summed E-state index contributed by atoms with van der Waals surface area (Å²) in [6.07, 6.45) is 5.30. The van der Waals surface area contributed by atoms with Crippen LogP contribution in [0.5, 0.6) is 0 Å². The van der Waals surface area contributed by atoms with Crippen LogP contribution in [0.15, 0.2) is 24.3 Å². The Bertz CT molecular complexity index is 654. The maximum atomic E-state index is 12.0. The van der Waals surface area contributed by atoms with E-state index >= 15 is 0 Å². The average Bonchev–Trinajstić information content (AvgIpc) is 2.96. The molecule has 1 aromatic rings. The third-order valence-corrected chi connectivity index (χ3v) is 4.14. The molecule has 0 saturated carbocycles. The molecule has 1 fully saturated rings. The number of thioether (sulfide) groups is 1. The number of nitrogens with one attached hydrogen (secondary N) is 2. The molecule has 0 aromatic heterocycles. The van der Waals surface area contributed by atoms with Crippen molar-refractivity contribution in [1.82, 2.24) is 10.2 Å². The monoisotopic (exact) mass is 331 g/mol. The lowest BCUT2D eigenvalue weighted by atomic mass is 10.1. The van der Waals surface area contributed by atoms with Gasteiger partial charge in [-0.3, -0.25) is 14.4 Å². The van der Waals surface area contributed by atoms with Crippen molar-refractivity contribution < 1.29 is 14.4 Å². The van der Waals surface area contributed by atoms with Crippen molar-refractivity contribution in [3.8, 4) is 12.3 Å². The third kappa shape index (κ3) is 4.76. The number of amides is 3. The van der Waals surface area contributed by atoms with Crippen molar-refractivity contribution in [2.75, 3.05) is 30.7 Å². The summed E-state index contributed by atoms with van der Waals surface area (Å²) in [6, 6.07) is 6.70. The molecule has 23 heavy (non-hydrogen) atoms. The van der Waals surface area contributed by atoms with E-state index in [0.29, 0.717) is 24.3 Å². The maximum Gasteiger partial charge on any atom is 0.281 e. The molecule has 3 amide bonds. The lowest BCUT2D eigenvalue weighted by molar-refractivity contribution is -0.116. The van der Waals surface area contributed by atoms with Crippen LogP contribution in [0.2, 0.25) is 0 Å². The van der Waals surface area contributed by atoms with E-state index in [2.05, 4.69) is 16.6 Å². The van der Waals surface area contributed by atoms with Crippen molar-refractivity contribution in [3.63, 3.8) is 0 Å². The van der Waals surface area contributed by atoms with Gasteiger partial charge in [0.1, 0.15) is 0 Å². The number of para-hydroxylation sites is 1. The van der Waals surface area contributed by atoms with E-state index in [4.69, 9.17) is 6.42 Å². The summed E-state index contributed by atoms with van der Waals surface area (Å²) in [4.78, 5) is 37.2. The fourth-order valence-corrected chi connectivity index (χ4v) is 2.95. The topological polar surface area (TPSA) is 78.5 Å². The number of carbonyl (C=O) groups is 3. The smallest absolute Gasteiger partial charge is 0.281 e. The van der Waals surface area contributed by atoms with Gasteiger partial charge in [-0.25, -0.2) is 0 Å². The van der Waals surface area contributed by atoms with Gasteiger partial charge in [0.15, 0.2) is 0 Å². The van der Waals surface area contributed by atoms with E-state index in [1.807, 2.05) is 0 Å². The van der Waals surface area contributed by atoms with Crippen LogP contribution in [0, 0.1) is 12.3 Å². The molecule has 1 aromatic carbocycles. The van der Waals surface area contributed by atoms with Crippen LogP contribution in [0.1, 0.15) is 16.8 Å². The van der Waals surface area contributed by atoms with Gasteiger partial charge >= 0.3 is 0 Å². The molecule has 2 N–H and O–H groups in total. The quantitative estimate of drug-likeness (QED) is 0.775. The van der Waals surface area contributed by atoms with Crippen LogP contribution in [-0.2, 0) is 4.79 Å². The van der Waals surface area contributed by atoms with Crippen LogP contribution in [-0.4, -0.2) is 47.3 Å². The Morgan fingerprint density at radius 3 is 2.83 bits per heavy atom. The molecular weight excluding hydrogens is 314 g/mol. The first-order valence-corrected chi connectivity index (χ1v) is 8.12. The van der Waals surface area contributed by atoms with Crippen LogP contribution >= 0.6 is 11.8 Å². The second-order valence-corrected chi connectivity index (χ2v) is 5.88. The molecule has 7 heteroatoms. The molecule has 0 aliphatic carbocycles. The van der Waals surface area contributed by atoms with Crippen LogP contribution in [0.4, 0.5) is 10.5 Å². The highest BCUT2D eigenvalue weighted by Crippen LogP contribution is 2.18. The molecule has 1 saturated heterocycles. The second kappa shape index (κ2) is 8.25. The molecule has 0 unspecified atom stereocenters. The molecule has 0 atom stereocenters. The second-order valence-electron chi connectivity index (χ2n) is 4.83. The van der Waals surface area contributed by atoms with Crippen molar-refractivity contribution >= 4 is 34.5 Å².